The van der Waals surface area contributed by atoms with Gasteiger partial charge in [0.25, 0.3) is 0 Å². The average molecular weight is 379 g/mol. The lowest BCUT2D eigenvalue weighted by molar-refractivity contribution is 0.0526. The molecule has 0 saturated carbocycles. The molecule has 0 fully saturated rings. The van der Waals surface area contributed by atoms with E-state index in [9.17, 15) is 9.36 Å². The third-order valence-electron chi connectivity index (χ3n) is 2.58. The minimum absolute atomic E-state index is 0.151. The molecule has 0 heterocycles. The maximum atomic E-state index is 12.5. The molecule has 0 aromatic heterocycles. The molecule has 0 unspecified atom stereocenters. The average Bonchev–Trinajstić information content (AvgIpc) is 2.42. The number of rotatable bonds is 8. The number of hydrogen-bond acceptors (Lipinski definition) is 5. The van der Waals surface area contributed by atoms with Gasteiger partial charge in [-0.2, -0.15) is 0 Å². The molecule has 7 heteroatoms. The van der Waals surface area contributed by atoms with Crippen molar-refractivity contribution in [3.8, 4) is 0 Å². The van der Waals surface area contributed by atoms with E-state index < -0.39 is 7.60 Å². The second-order valence-corrected chi connectivity index (χ2v) is 7.04. The minimum atomic E-state index is -3.17. The molecule has 0 atom stereocenters. The SMILES string of the molecule is CCOC(=O)c1ccc(CP(=O)(OCC)OCC)c(Br)c1. The van der Waals surface area contributed by atoms with Crippen molar-refractivity contribution in [1.82, 2.24) is 0 Å². The third-order valence-corrected chi connectivity index (χ3v) is 5.35. The molecule has 1 rings (SSSR count). The Morgan fingerprint density at radius 2 is 1.76 bits per heavy atom. The molecule has 21 heavy (non-hydrogen) atoms. The second kappa shape index (κ2) is 8.69. The first-order valence-electron chi connectivity index (χ1n) is 6.79. The molecule has 0 spiro atoms. The predicted octanol–water partition coefficient (Wildman–Crippen LogP) is 4.39. The van der Waals surface area contributed by atoms with Crippen molar-refractivity contribution >= 4 is 29.5 Å². The lowest BCUT2D eigenvalue weighted by Crippen LogP contribution is -2.05. The molecule has 0 aliphatic heterocycles. The highest BCUT2D eigenvalue weighted by Crippen LogP contribution is 2.52. The van der Waals surface area contributed by atoms with Crippen molar-refractivity contribution in [3.05, 3.63) is 33.8 Å². The second-order valence-electron chi connectivity index (χ2n) is 4.13. The molecule has 0 aliphatic rings. The Kier molecular flexibility index (Phi) is 7.60. The van der Waals surface area contributed by atoms with Crippen LogP contribution in [-0.2, 0) is 24.5 Å². The van der Waals surface area contributed by atoms with E-state index in [0.29, 0.717) is 29.9 Å². The van der Waals surface area contributed by atoms with Gasteiger partial charge in [0.1, 0.15) is 0 Å². The molecular formula is C14H20BrO5P. The fourth-order valence-electron chi connectivity index (χ4n) is 1.75. The Morgan fingerprint density at radius 3 is 2.24 bits per heavy atom. The van der Waals surface area contributed by atoms with Gasteiger partial charge in [-0.3, -0.25) is 4.57 Å². The topological polar surface area (TPSA) is 61.8 Å². The Morgan fingerprint density at radius 1 is 1.14 bits per heavy atom. The molecule has 1 aromatic rings. The van der Waals surface area contributed by atoms with Crippen LogP contribution >= 0.6 is 23.5 Å². The van der Waals surface area contributed by atoms with E-state index in [2.05, 4.69) is 15.9 Å². The van der Waals surface area contributed by atoms with Crippen LogP contribution in [0.5, 0.6) is 0 Å². The number of ether oxygens (including phenoxy) is 1. The number of carbonyl (C=O) groups is 1. The summed E-state index contributed by atoms with van der Waals surface area (Å²) in [5.41, 5.74) is 1.20. The van der Waals surface area contributed by atoms with Gasteiger partial charge >= 0.3 is 13.6 Å². The van der Waals surface area contributed by atoms with Crippen LogP contribution in [0, 0.1) is 0 Å². The smallest absolute Gasteiger partial charge is 0.338 e. The zero-order chi connectivity index (χ0) is 15.9. The van der Waals surface area contributed by atoms with Crippen LogP contribution in [0.2, 0.25) is 0 Å². The maximum absolute atomic E-state index is 12.5. The Hall–Kier alpha value is -0.680. The Balaban J connectivity index is 2.94. The summed E-state index contributed by atoms with van der Waals surface area (Å²) in [4.78, 5) is 11.7. The molecule has 0 N–H and O–H groups in total. The fraction of sp³-hybridized carbons (Fsp3) is 0.500. The quantitative estimate of drug-likeness (QED) is 0.495. The fourth-order valence-corrected chi connectivity index (χ4v) is 4.22. The summed E-state index contributed by atoms with van der Waals surface area (Å²) in [5.74, 6) is -0.387. The standard InChI is InChI=1S/C14H20BrO5P/c1-4-18-14(16)11-7-8-12(13(15)9-11)10-21(17,19-5-2)20-6-3/h7-9H,4-6,10H2,1-3H3. The van der Waals surface area contributed by atoms with Gasteiger partial charge in [0, 0.05) is 4.47 Å². The van der Waals surface area contributed by atoms with Gasteiger partial charge in [0.15, 0.2) is 0 Å². The van der Waals surface area contributed by atoms with Crippen LogP contribution in [0.3, 0.4) is 0 Å². The number of halogens is 1. The molecule has 0 bridgehead atoms. The van der Waals surface area contributed by atoms with Gasteiger partial charge in [-0.05, 0) is 38.5 Å². The summed E-state index contributed by atoms with van der Waals surface area (Å²) < 4.78 is 28.6. The highest BCUT2D eigenvalue weighted by molar-refractivity contribution is 9.10. The van der Waals surface area contributed by atoms with Crippen molar-refractivity contribution in [3.63, 3.8) is 0 Å². The molecule has 118 valence electrons. The van der Waals surface area contributed by atoms with Crippen LogP contribution in [0.15, 0.2) is 22.7 Å². The molecule has 0 saturated heterocycles. The highest BCUT2D eigenvalue weighted by Gasteiger charge is 2.25. The summed E-state index contributed by atoms with van der Waals surface area (Å²) in [6, 6.07) is 5.01. The number of benzene rings is 1. The van der Waals surface area contributed by atoms with Crippen molar-refractivity contribution < 1.29 is 23.1 Å². The van der Waals surface area contributed by atoms with Gasteiger partial charge < -0.3 is 13.8 Å². The van der Waals surface area contributed by atoms with Gasteiger partial charge in [-0.25, -0.2) is 4.79 Å². The first-order valence-corrected chi connectivity index (χ1v) is 9.31. The summed E-state index contributed by atoms with van der Waals surface area (Å²) in [7, 11) is -3.17. The van der Waals surface area contributed by atoms with Crippen LogP contribution in [0.4, 0.5) is 0 Å². The monoisotopic (exact) mass is 378 g/mol. The normalized spacial score (nSPS) is 11.4. The summed E-state index contributed by atoms with van der Waals surface area (Å²) >= 11 is 3.38. The zero-order valence-electron chi connectivity index (χ0n) is 12.4. The van der Waals surface area contributed by atoms with E-state index >= 15 is 0 Å². The molecule has 0 radical (unpaired) electrons. The molecular weight excluding hydrogens is 359 g/mol. The van der Waals surface area contributed by atoms with E-state index in [-0.39, 0.29) is 12.1 Å². The number of hydrogen-bond donors (Lipinski definition) is 0. The van der Waals surface area contributed by atoms with Gasteiger partial charge in [-0.15, -0.1) is 0 Å². The van der Waals surface area contributed by atoms with Gasteiger partial charge in [0.05, 0.1) is 31.5 Å². The van der Waals surface area contributed by atoms with Crippen molar-refractivity contribution in [1.29, 1.82) is 0 Å². The van der Waals surface area contributed by atoms with Crippen molar-refractivity contribution in [2.75, 3.05) is 19.8 Å². The molecule has 0 aliphatic carbocycles. The van der Waals surface area contributed by atoms with E-state index in [1.165, 1.54) is 0 Å². The first kappa shape index (κ1) is 18.4. The van der Waals surface area contributed by atoms with Crippen LogP contribution in [0.25, 0.3) is 0 Å². The Labute approximate surface area is 133 Å². The summed E-state index contributed by atoms with van der Waals surface area (Å²) in [6.45, 7) is 6.24. The summed E-state index contributed by atoms with van der Waals surface area (Å²) in [6.07, 6.45) is 0.151. The third kappa shape index (κ3) is 5.55. The first-order chi connectivity index (χ1) is 9.95. The zero-order valence-corrected chi connectivity index (χ0v) is 14.9. The molecule has 5 nitrogen and oxygen atoms in total. The maximum Gasteiger partial charge on any atom is 0.338 e. The van der Waals surface area contributed by atoms with E-state index in [1.54, 1.807) is 39.0 Å². The largest absolute Gasteiger partial charge is 0.462 e. The lowest BCUT2D eigenvalue weighted by Gasteiger charge is -2.17. The highest BCUT2D eigenvalue weighted by atomic mass is 79.9. The van der Waals surface area contributed by atoms with Gasteiger partial charge in [0.2, 0.25) is 0 Å². The number of esters is 1. The predicted molar refractivity (Wildman–Crippen MR) is 84.7 cm³/mol. The molecule has 1 aromatic carbocycles. The van der Waals surface area contributed by atoms with Crippen LogP contribution in [0.1, 0.15) is 36.7 Å². The van der Waals surface area contributed by atoms with Crippen LogP contribution < -0.4 is 0 Å². The van der Waals surface area contributed by atoms with E-state index in [4.69, 9.17) is 13.8 Å². The molecule has 0 amide bonds. The lowest BCUT2D eigenvalue weighted by atomic mass is 10.1. The van der Waals surface area contributed by atoms with Crippen molar-refractivity contribution in [2.24, 2.45) is 0 Å². The Bertz CT molecular complexity index is 522. The summed E-state index contributed by atoms with van der Waals surface area (Å²) in [5, 5.41) is 0. The number of carbonyl (C=O) groups excluding carboxylic acids is 1. The van der Waals surface area contributed by atoms with Crippen LogP contribution in [-0.4, -0.2) is 25.8 Å². The van der Waals surface area contributed by atoms with Crippen molar-refractivity contribution in [2.45, 2.75) is 26.9 Å². The van der Waals surface area contributed by atoms with E-state index in [1.807, 2.05) is 0 Å². The minimum Gasteiger partial charge on any atom is -0.462 e. The van der Waals surface area contributed by atoms with Gasteiger partial charge in [-0.1, -0.05) is 22.0 Å². The van der Waals surface area contributed by atoms with E-state index in [0.717, 1.165) is 5.56 Å².